The van der Waals surface area contributed by atoms with E-state index >= 15 is 0 Å². The fraction of sp³-hybridized carbons (Fsp3) is 0.111. The van der Waals surface area contributed by atoms with Gasteiger partial charge in [-0.3, -0.25) is 0 Å². The van der Waals surface area contributed by atoms with Crippen molar-refractivity contribution in [3.63, 3.8) is 0 Å². The third-order valence-corrected chi connectivity index (χ3v) is 3.72. The molecule has 1 aliphatic heterocycles. The number of aromatic nitrogens is 2. The van der Waals surface area contributed by atoms with E-state index < -0.39 is 0 Å². The number of hydrogen-bond donors (Lipinski definition) is 0. The molecular formula is C9H4Br2N2O2. The number of ether oxygens (including phenoxy) is 2. The highest BCUT2D eigenvalue weighted by Crippen LogP contribution is 2.35. The summed E-state index contributed by atoms with van der Waals surface area (Å²) in [6.07, 6.45) is 0. The van der Waals surface area contributed by atoms with Crippen LogP contribution in [0.4, 0.5) is 0 Å². The van der Waals surface area contributed by atoms with E-state index in [0.29, 0.717) is 20.7 Å². The van der Waals surface area contributed by atoms with Crippen LogP contribution in [0.25, 0.3) is 11.0 Å². The highest BCUT2D eigenvalue weighted by molar-refractivity contribution is 9.13. The van der Waals surface area contributed by atoms with E-state index in [2.05, 4.69) is 41.8 Å². The van der Waals surface area contributed by atoms with Gasteiger partial charge in [0.1, 0.15) is 9.21 Å². The molecule has 6 heteroatoms. The van der Waals surface area contributed by atoms with Crippen molar-refractivity contribution in [2.45, 2.75) is 0 Å². The minimum absolute atomic E-state index is 0.258. The number of benzene rings is 1. The Labute approximate surface area is 102 Å². The molecule has 0 radical (unpaired) electrons. The molecule has 0 saturated heterocycles. The predicted octanol–water partition coefficient (Wildman–Crippen LogP) is 2.88. The summed E-state index contributed by atoms with van der Waals surface area (Å²) in [5, 5.41) is 0. The number of hydrogen-bond acceptors (Lipinski definition) is 4. The minimum atomic E-state index is 0.258. The number of nitrogens with zero attached hydrogens (tertiary/aromatic N) is 2. The molecule has 0 atom stereocenters. The predicted molar refractivity (Wildman–Crippen MR) is 61.1 cm³/mol. The molecule has 76 valence electrons. The van der Waals surface area contributed by atoms with Gasteiger partial charge in [-0.05, 0) is 31.9 Å². The Hall–Kier alpha value is -0.880. The SMILES string of the molecule is Brc1nc2cc3c(cc2nc1Br)OCO3. The van der Waals surface area contributed by atoms with E-state index in [1.165, 1.54) is 0 Å². The Morgan fingerprint density at radius 2 is 1.40 bits per heavy atom. The average molecular weight is 332 g/mol. The van der Waals surface area contributed by atoms with Crippen LogP contribution in [0.5, 0.6) is 11.5 Å². The fourth-order valence-electron chi connectivity index (χ4n) is 1.40. The molecule has 0 amide bonds. The summed E-state index contributed by atoms with van der Waals surface area (Å²) in [5.74, 6) is 1.43. The molecule has 2 aromatic rings. The summed E-state index contributed by atoms with van der Waals surface area (Å²) >= 11 is 6.61. The van der Waals surface area contributed by atoms with Gasteiger partial charge in [0.15, 0.2) is 11.5 Å². The van der Waals surface area contributed by atoms with Crippen LogP contribution in [0.15, 0.2) is 21.3 Å². The standard InChI is InChI=1S/C9H4Br2N2O2/c10-8-9(11)13-5-2-7-6(14-3-15-7)1-4(5)12-8/h1-2H,3H2. The molecule has 1 aromatic carbocycles. The van der Waals surface area contributed by atoms with Gasteiger partial charge in [0.2, 0.25) is 6.79 Å². The highest BCUT2D eigenvalue weighted by atomic mass is 79.9. The average Bonchev–Trinajstić information content (AvgIpc) is 2.63. The zero-order valence-electron chi connectivity index (χ0n) is 7.33. The lowest BCUT2D eigenvalue weighted by Crippen LogP contribution is -1.92. The van der Waals surface area contributed by atoms with Crippen LogP contribution in [-0.4, -0.2) is 16.8 Å². The monoisotopic (exact) mass is 330 g/mol. The molecule has 15 heavy (non-hydrogen) atoms. The lowest BCUT2D eigenvalue weighted by Gasteiger charge is -2.01. The van der Waals surface area contributed by atoms with Gasteiger partial charge in [-0.25, -0.2) is 9.97 Å². The maximum Gasteiger partial charge on any atom is 0.231 e. The second-order valence-electron chi connectivity index (χ2n) is 3.00. The number of halogens is 2. The van der Waals surface area contributed by atoms with Crippen LogP contribution in [0.1, 0.15) is 0 Å². The van der Waals surface area contributed by atoms with Crippen molar-refractivity contribution >= 4 is 42.9 Å². The summed E-state index contributed by atoms with van der Waals surface area (Å²) < 4.78 is 11.9. The second kappa shape index (κ2) is 3.31. The van der Waals surface area contributed by atoms with Crippen molar-refractivity contribution in [2.75, 3.05) is 6.79 Å². The zero-order valence-corrected chi connectivity index (χ0v) is 10.5. The molecule has 1 aliphatic rings. The van der Waals surface area contributed by atoms with Crippen LogP contribution < -0.4 is 9.47 Å². The zero-order chi connectivity index (χ0) is 10.4. The van der Waals surface area contributed by atoms with Crippen molar-refractivity contribution < 1.29 is 9.47 Å². The maximum atomic E-state index is 5.26. The normalized spacial score (nSPS) is 13.5. The maximum absolute atomic E-state index is 5.26. The van der Waals surface area contributed by atoms with E-state index in [4.69, 9.17) is 9.47 Å². The van der Waals surface area contributed by atoms with Crippen LogP contribution in [-0.2, 0) is 0 Å². The molecule has 0 N–H and O–H groups in total. The molecule has 0 unspecified atom stereocenters. The Bertz CT molecular complexity index is 511. The third kappa shape index (κ3) is 1.48. The third-order valence-electron chi connectivity index (χ3n) is 2.08. The van der Waals surface area contributed by atoms with Crippen LogP contribution in [0.2, 0.25) is 0 Å². The van der Waals surface area contributed by atoms with Crippen molar-refractivity contribution in [1.82, 2.24) is 9.97 Å². The Morgan fingerprint density at radius 3 is 1.87 bits per heavy atom. The fourth-order valence-corrected chi connectivity index (χ4v) is 1.96. The molecule has 0 bridgehead atoms. The smallest absolute Gasteiger partial charge is 0.231 e. The van der Waals surface area contributed by atoms with Gasteiger partial charge in [0.25, 0.3) is 0 Å². The molecule has 0 spiro atoms. The summed E-state index contributed by atoms with van der Waals surface area (Å²) in [5.41, 5.74) is 1.55. The molecule has 4 nitrogen and oxygen atoms in total. The van der Waals surface area contributed by atoms with Crippen LogP contribution in [0.3, 0.4) is 0 Å². The number of fused-ring (bicyclic) bond motifs is 2. The van der Waals surface area contributed by atoms with Gasteiger partial charge in [-0.2, -0.15) is 0 Å². The molecule has 0 aliphatic carbocycles. The summed E-state index contributed by atoms with van der Waals surface area (Å²) in [7, 11) is 0. The molecule has 1 aromatic heterocycles. The van der Waals surface area contributed by atoms with Crippen LogP contribution >= 0.6 is 31.9 Å². The lowest BCUT2D eigenvalue weighted by atomic mass is 10.2. The van der Waals surface area contributed by atoms with Gasteiger partial charge < -0.3 is 9.47 Å². The highest BCUT2D eigenvalue weighted by Gasteiger charge is 2.16. The topological polar surface area (TPSA) is 44.2 Å². The first-order chi connectivity index (χ1) is 7.24. The van der Waals surface area contributed by atoms with E-state index in [-0.39, 0.29) is 6.79 Å². The lowest BCUT2D eigenvalue weighted by molar-refractivity contribution is 0.174. The van der Waals surface area contributed by atoms with Gasteiger partial charge in [0.05, 0.1) is 11.0 Å². The Balaban J connectivity index is 2.34. The van der Waals surface area contributed by atoms with E-state index in [0.717, 1.165) is 11.0 Å². The largest absolute Gasteiger partial charge is 0.454 e. The second-order valence-corrected chi connectivity index (χ2v) is 4.50. The first kappa shape index (κ1) is 9.35. The van der Waals surface area contributed by atoms with Gasteiger partial charge >= 0.3 is 0 Å². The first-order valence-electron chi connectivity index (χ1n) is 4.16. The van der Waals surface area contributed by atoms with Crippen molar-refractivity contribution in [3.8, 4) is 11.5 Å². The quantitative estimate of drug-likeness (QED) is 0.744. The van der Waals surface area contributed by atoms with Crippen molar-refractivity contribution in [3.05, 3.63) is 21.3 Å². The summed E-state index contributed by atoms with van der Waals surface area (Å²) in [4.78, 5) is 8.65. The van der Waals surface area contributed by atoms with Gasteiger partial charge in [0, 0.05) is 12.1 Å². The molecular weight excluding hydrogens is 328 g/mol. The Kier molecular flexibility index (Phi) is 2.07. The summed E-state index contributed by atoms with van der Waals surface area (Å²) in [6.45, 7) is 0.258. The van der Waals surface area contributed by atoms with E-state index in [1.807, 2.05) is 12.1 Å². The number of rotatable bonds is 0. The Morgan fingerprint density at radius 1 is 0.933 bits per heavy atom. The molecule has 0 saturated carbocycles. The molecule has 0 fully saturated rings. The van der Waals surface area contributed by atoms with E-state index in [9.17, 15) is 0 Å². The molecule has 2 heterocycles. The summed E-state index contributed by atoms with van der Waals surface area (Å²) in [6, 6.07) is 3.64. The molecule has 3 rings (SSSR count). The van der Waals surface area contributed by atoms with Crippen molar-refractivity contribution in [1.29, 1.82) is 0 Å². The van der Waals surface area contributed by atoms with Gasteiger partial charge in [-0.1, -0.05) is 0 Å². The van der Waals surface area contributed by atoms with Gasteiger partial charge in [-0.15, -0.1) is 0 Å². The van der Waals surface area contributed by atoms with E-state index in [1.54, 1.807) is 0 Å². The van der Waals surface area contributed by atoms with Crippen LogP contribution in [0, 0.1) is 0 Å². The minimum Gasteiger partial charge on any atom is -0.454 e. The van der Waals surface area contributed by atoms with Crippen molar-refractivity contribution in [2.24, 2.45) is 0 Å². The first-order valence-corrected chi connectivity index (χ1v) is 5.75.